The van der Waals surface area contributed by atoms with E-state index in [4.69, 9.17) is 0 Å². The fourth-order valence-corrected chi connectivity index (χ4v) is 5.93. The maximum Gasteiger partial charge on any atom is 0.270 e. The number of amides is 3. The maximum absolute atomic E-state index is 15.1. The van der Waals surface area contributed by atoms with Gasteiger partial charge in [0.25, 0.3) is 5.91 Å². The largest absolute Gasteiger partial charge is 0.394 e. The van der Waals surface area contributed by atoms with Gasteiger partial charge in [0.1, 0.15) is 17.6 Å². The highest BCUT2D eigenvalue weighted by molar-refractivity contribution is 6.01. The molecule has 40 heavy (non-hydrogen) atoms. The Labute approximate surface area is 234 Å². The number of carbonyl (C=O) groups excluding carboxylic acids is 3. The summed E-state index contributed by atoms with van der Waals surface area (Å²) in [6.07, 6.45) is 8.70. The summed E-state index contributed by atoms with van der Waals surface area (Å²) in [7, 11) is 0. The van der Waals surface area contributed by atoms with Crippen LogP contribution in [0.4, 0.5) is 10.1 Å². The molecule has 4 N–H and O–H groups in total. The van der Waals surface area contributed by atoms with Gasteiger partial charge < -0.3 is 21.1 Å². The number of aliphatic hydroxyl groups excluding tert-OH is 1. The molecule has 3 saturated carbocycles. The van der Waals surface area contributed by atoms with Crippen LogP contribution in [0.2, 0.25) is 0 Å². The molecule has 3 aliphatic rings. The van der Waals surface area contributed by atoms with E-state index in [0.717, 1.165) is 44.9 Å². The van der Waals surface area contributed by atoms with Crippen molar-refractivity contribution in [2.24, 2.45) is 23.7 Å². The molecule has 9 nitrogen and oxygen atoms in total. The number of hydrogen-bond acceptors (Lipinski definition) is 5. The van der Waals surface area contributed by atoms with Crippen molar-refractivity contribution in [1.29, 1.82) is 0 Å². The molecule has 3 amide bonds. The Morgan fingerprint density at radius 2 is 1.73 bits per heavy atom. The van der Waals surface area contributed by atoms with Gasteiger partial charge in [-0.05, 0) is 99.8 Å². The third-order valence-electron chi connectivity index (χ3n) is 8.60. The molecule has 3 fully saturated rings. The Morgan fingerprint density at radius 1 is 1.02 bits per heavy atom. The highest BCUT2D eigenvalue weighted by atomic mass is 19.1. The second-order valence-corrected chi connectivity index (χ2v) is 12.0. The first kappa shape index (κ1) is 28.3. The van der Waals surface area contributed by atoms with Gasteiger partial charge in [-0.15, -0.1) is 0 Å². The molecular weight excluding hydrogens is 513 g/mol. The predicted octanol–water partition coefficient (Wildman–Crippen LogP) is 3.60. The van der Waals surface area contributed by atoms with E-state index in [1.807, 2.05) is 13.8 Å². The molecule has 0 bridgehead atoms. The van der Waals surface area contributed by atoms with Crippen molar-refractivity contribution < 1.29 is 23.9 Å². The number of aromatic nitrogens is 2. The molecule has 1 aromatic heterocycles. The Kier molecular flexibility index (Phi) is 8.54. The van der Waals surface area contributed by atoms with Crippen LogP contribution in [0.3, 0.4) is 0 Å². The van der Waals surface area contributed by atoms with Crippen molar-refractivity contribution in [3.05, 3.63) is 47.5 Å². The average molecular weight is 554 g/mol. The average Bonchev–Trinajstić information content (AvgIpc) is 3.83. The number of rotatable bonds is 13. The number of aliphatic hydroxyl groups is 1. The smallest absolute Gasteiger partial charge is 0.270 e. The van der Waals surface area contributed by atoms with Gasteiger partial charge >= 0.3 is 0 Å². The molecule has 0 radical (unpaired) electrons. The third-order valence-corrected chi connectivity index (χ3v) is 8.60. The zero-order chi connectivity index (χ0) is 28.4. The monoisotopic (exact) mass is 553 g/mol. The first-order valence-electron chi connectivity index (χ1n) is 14.6. The van der Waals surface area contributed by atoms with Crippen LogP contribution in [-0.4, -0.2) is 51.3 Å². The highest BCUT2D eigenvalue weighted by Crippen LogP contribution is 2.51. The number of anilines is 1. The van der Waals surface area contributed by atoms with Crippen molar-refractivity contribution in [1.82, 2.24) is 20.4 Å². The van der Waals surface area contributed by atoms with Crippen LogP contribution >= 0.6 is 0 Å². The van der Waals surface area contributed by atoms with Crippen molar-refractivity contribution >= 4 is 23.4 Å². The lowest BCUT2D eigenvalue weighted by Crippen LogP contribution is -2.50. The lowest BCUT2D eigenvalue weighted by molar-refractivity contribution is -0.122. The molecule has 10 heteroatoms. The van der Waals surface area contributed by atoms with Crippen LogP contribution < -0.4 is 16.0 Å². The molecule has 216 valence electrons. The molecule has 0 saturated heterocycles. The second kappa shape index (κ2) is 12.1. The maximum atomic E-state index is 15.1. The molecular formula is C30H40FN5O4. The van der Waals surface area contributed by atoms with Gasteiger partial charge in [-0.25, -0.2) is 4.39 Å². The van der Waals surface area contributed by atoms with Gasteiger partial charge in [-0.3, -0.25) is 19.1 Å². The van der Waals surface area contributed by atoms with Gasteiger partial charge in [-0.1, -0.05) is 12.5 Å². The van der Waals surface area contributed by atoms with E-state index in [-0.39, 0.29) is 54.4 Å². The fourth-order valence-electron chi connectivity index (χ4n) is 5.93. The van der Waals surface area contributed by atoms with Gasteiger partial charge in [0, 0.05) is 12.2 Å². The Bertz CT molecular complexity index is 1220. The molecule has 1 heterocycles. The van der Waals surface area contributed by atoms with Crippen molar-refractivity contribution in [3.8, 4) is 0 Å². The van der Waals surface area contributed by atoms with Crippen molar-refractivity contribution in [2.75, 3.05) is 11.9 Å². The summed E-state index contributed by atoms with van der Waals surface area (Å²) in [6.45, 7) is 3.75. The molecule has 0 spiro atoms. The zero-order valence-electron chi connectivity index (χ0n) is 23.2. The van der Waals surface area contributed by atoms with E-state index in [2.05, 4.69) is 21.0 Å². The van der Waals surface area contributed by atoms with Crippen LogP contribution in [0.25, 0.3) is 0 Å². The second-order valence-electron chi connectivity index (χ2n) is 12.0. The fraction of sp³-hybridized carbons (Fsp3) is 0.600. The van der Waals surface area contributed by atoms with E-state index in [1.165, 1.54) is 12.1 Å². The normalized spacial score (nSPS) is 18.8. The summed E-state index contributed by atoms with van der Waals surface area (Å²) >= 11 is 0. The molecule has 2 unspecified atom stereocenters. The van der Waals surface area contributed by atoms with E-state index >= 15 is 4.39 Å². The predicted molar refractivity (Wildman–Crippen MR) is 148 cm³/mol. The minimum Gasteiger partial charge on any atom is -0.394 e. The standard InChI is InChI=1S/C30H40FN5O4/c1-17(2)36-25(12-13-32-36)29(39)35-28(27(20-7-8-20)21-9-10-21)30(40)34-23-11-6-18(14-22(23)31)15-26(38)33-24(16-37)19-4-3-5-19/h6,11-14,17,19-21,24,27-28,37H,3-5,7-10,15-16H2,1-2H3,(H,33,38)(H,34,40)(H,35,39). The van der Waals surface area contributed by atoms with Crippen LogP contribution in [0.1, 0.15) is 80.9 Å². The number of halogens is 1. The molecule has 0 aliphatic heterocycles. The summed E-state index contributed by atoms with van der Waals surface area (Å²) in [5, 5.41) is 22.4. The van der Waals surface area contributed by atoms with Crippen LogP contribution in [0.5, 0.6) is 0 Å². The SMILES string of the molecule is CC(C)n1nccc1C(=O)NC(C(=O)Nc1ccc(CC(=O)NC(CO)C2CCC2)cc1F)C(C1CC1)C1CC1. The van der Waals surface area contributed by atoms with Crippen LogP contribution in [0, 0.1) is 29.5 Å². The lowest BCUT2D eigenvalue weighted by atomic mass is 9.80. The first-order valence-corrected chi connectivity index (χ1v) is 14.6. The summed E-state index contributed by atoms with van der Waals surface area (Å²) in [5.41, 5.74) is 0.861. The van der Waals surface area contributed by atoms with Crippen molar-refractivity contribution in [2.45, 2.75) is 83.3 Å². The topological polar surface area (TPSA) is 125 Å². The number of benzene rings is 1. The van der Waals surface area contributed by atoms with Gasteiger partial charge in [0.2, 0.25) is 11.8 Å². The van der Waals surface area contributed by atoms with Crippen molar-refractivity contribution in [3.63, 3.8) is 0 Å². The molecule has 2 aromatic rings. The van der Waals surface area contributed by atoms with E-state index in [1.54, 1.807) is 23.0 Å². The minimum absolute atomic E-state index is 0.000500. The van der Waals surface area contributed by atoms with Gasteiger partial charge in [0.05, 0.1) is 24.8 Å². The highest BCUT2D eigenvalue weighted by Gasteiger charge is 2.48. The molecule has 5 rings (SSSR count). The van der Waals surface area contributed by atoms with E-state index < -0.39 is 17.8 Å². The van der Waals surface area contributed by atoms with Gasteiger partial charge in [0.15, 0.2) is 0 Å². The Morgan fingerprint density at radius 3 is 2.27 bits per heavy atom. The molecule has 1 aromatic carbocycles. The van der Waals surface area contributed by atoms with E-state index in [9.17, 15) is 19.5 Å². The summed E-state index contributed by atoms with van der Waals surface area (Å²) in [5.74, 6) is -0.709. The third kappa shape index (κ3) is 6.54. The number of nitrogens with one attached hydrogen (secondary N) is 3. The summed E-state index contributed by atoms with van der Waals surface area (Å²) < 4.78 is 16.8. The molecule has 3 aliphatic carbocycles. The summed E-state index contributed by atoms with van der Waals surface area (Å²) in [4.78, 5) is 39.4. The summed E-state index contributed by atoms with van der Waals surface area (Å²) in [6, 6.07) is 4.87. The van der Waals surface area contributed by atoms with E-state index in [0.29, 0.717) is 23.1 Å². The van der Waals surface area contributed by atoms with Crippen LogP contribution in [0.15, 0.2) is 30.5 Å². The number of hydrogen-bond donors (Lipinski definition) is 4. The first-order chi connectivity index (χ1) is 19.2. The molecule has 2 atom stereocenters. The minimum atomic E-state index is -0.796. The zero-order valence-corrected chi connectivity index (χ0v) is 23.2. The Balaban J connectivity index is 1.27. The number of nitrogens with zero attached hydrogens (tertiary/aromatic N) is 2. The van der Waals surface area contributed by atoms with Crippen LogP contribution in [-0.2, 0) is 16.0 Å². The quantitative estimate of drug-likeness (QED) is 0.302. The lowest BCUT2D eigenvalue weighted by Gasteiger charge is -2.33. The Hall–Kier alpha value is -3.27. The van der Waals surface area contributed by atoms with Gasteiger partial charge in [-0.2, -0.15) is 5.10 Å². The number of carbonyl (C=O) groups is 3.